The van der Waals surface area contributed by atoms with Crippen LogP contribution in [0.15, 0.2) is 36.4 Å². The van der Waals surface area contributed by atoms with E-state index in [9.17, 15) is 4.79 Å². The minimum Gasteiger partial charge on any atom is -0.359 e. The molecule has 5 heteroatoms. The summed E-state index contributed by atoms with van der Waals surface area (Å²) in [5.74, 6) is 0.200. The van der Waals surface area contributed by atoms with Gasteiger partial charge in [0.05, 0.1) is 0 Å². The molecule has 4 rings (SSSR count). The topological polar surface area (TPSA) is 68.4 Å². The quantitative estimate of drug-likeness (QED) is 0.398. The molecule has 2 aromatic rings. The number of fused-ring (bicyclic) bond motifs is 1. The van der Waals surface area contributed by atoms with Gasteiger partial charge in [0.1, 0.15) is 0 Å². The number of rotatable bonds is 6. The molecular weight excluding hydrogens is 362 g/mol. The van der Waals surface area contributed by atoms with Crippen LogP contribution >= 0.6 is 0 Å². The second kappa shape index (κ2) is 8.80. The maximum Gasteiger partial charge on any atom is 0.267 e. The summed E-state index contributed by atoms with van der Waals surface area (Å²) in [6.07, 6.45) is 12.3. The molecule has 1 saturated heterocycles. The standard InChI is InChI=1S/C24H29N3O2/c1-17-22(21-4-2-3-5-23(21)25-17)14-20-12-13-27(16-20)15-19-8-6-18(7-9-19)10-11-24(28)26-29/h3,5-11,20,25,29H,2,4,12-16H2,1H3,(H,26,28)/b11-10+. The van der Waals surface area contributed by atoms with E-state index in [1.807, 2.05) is 12.1 Å². The fraction of sp³-hybridized carbons (Fsp3) is 0.375. The number of likely N-dealkylation sites (tertiary alicyclic amines) is 1. The van der Waals surface area contributed by atoms with E-state index in [4.69, 9.17) is 5.21 Å². The molecule has 1 unspecified atom stereocenters. The van der Waals surface area contributed by atoms with E-state index in [0.29, 0.717) is 0 Å². The van der Waals surface area contributed by atoms with Crippen molar-refractivity contribution in [3.05, 3.63) is 70.1 Å². The molecule has 1 aromatic heterocycles. The van der Waals surface area contributed by atoms with Crippen molar-refractivity contribution in [3.63, 3.8) is 0 Å². The highest BCUT2D eigenvalue weighted by Crippen LogP contribution is 2.30. The Hall–Kier alpha value is -2.63. The monoisotopic (exact) mass is 391 g/mol. The lowest BCUT2D eigenvalue weighted by Gasteiger charge is -2.17. The second-order valence-corrected chi connectivity index (χ2v) is 8.21. The van der Waals surface area contributed by atoms with Crippen LogP contribution in [0.25, 0.3) is 12.2 Å². The van der Waals surface area contributed by atoms with Gasteiger partial charge >= 0.3 is 0 Å². The molecule has 2 aliphatic rings. The van der Waals surface area contributed by atoms with Crippen LogP contribution in [0, 0.1) is 12.8 Å². The van der Waals surface area contributed by atoms with Gasteiger partial charge in [-0.3, -0.25) is 14.9 Å². The van der Waals surface area contributed by atoms with Crippen LogP contribution in [0.4, 0.5) is 0 Å². The van der Waals surface area contributed by atoms with Crippen LogP contribution in [-0.2, 0) is 24.2 Å². The Bertz CT molecular complexity index is 924. The number of H-pyrrole nitrogens is 1. The van der Waals surface area contributed by atoms with Gasteiger partial charge in [-0.05, 0) is 79.5 Å². The third-order valence-electron chi connectivity index (χ3n) is 6.10. The number of hydrogen-bond acceptors (Lipinski definition) is 3. The van der Waals surface area contributed by atoms with Crippen molar-refractivity contribution in [1.82, 2.24) is 15.4 Å². The van der Waals surface area contributed by atoms with E-state index in [2.05, 4.69) is 41.1 Å². The van der Waals surface area contributed by atoms with Crippen molar-refractivity contribution in [2.75, 3.05) is 13.1 Å². The predicted octanol–water partition coefficient (Wildman–Crippen LogP) is 3.87. The average molecular weight is 392 g/mol. The summed E-state index contributed by atoms with van der Waals surface area (Å²) in [7, 11) is 0. The molecule has 0 saturated carbocycles. The summed E-state index contributed by atoms with van der Waals surface area (Å²) in [4.78, 5) is 17.2. The van der Waals surface area contributed by atoms with E-state index in [1.54, 1.807) is 22.7 Å². The number of aromatic nitrogens is 1. The van der Waals surface area contributed by atoms with E-state index < -0.39 is 5.91 Å². The molecule has 1 aromatic carbocycles. The summed E-state index contributed by atoms with van der Waals surface area (Å²) in [6, 6.07) is 8.24. The van der Waals surface area contributed by atoms with Crippen molar-refractivity contribution in [2.24, 2.45) is 5.92 Å². The number of carbonyl (C=O) groups excluding carboxylic acids is 1. The van der Waals surface area contributed by atoms with Crippen molar-refractivity contribution < 1.29 is 10.0 Å². The number of carbonyl (C=O) groups is 1. The Morgan fingerprint density at radius 2 is 2.17 bits per heavy atom. The maximum absolute atomic E-state index is 11.1. The molecule has 1 amide bonds. The molecule has 0 radical (unpaired) electrons. The minimum atomic E-state index is -0.521. The van der Waals surface area contributed by atoms with Gasteiger partial charge in [-0.25, -0.2) is 5.48 Å². The first-order valence-corrected chi connectivity index (χ1v) is 10.4. The van der Waals surface area contributed by atoms with Gasteiger partial charge in [0, 0.05) is 30.6 Å². The van der Waals surface area contributed by atoms with Crippen LogP contribution in [-0.4, -0.2) is 34.1 Å². The van der Waals surface area contributed by atoms with Crippen LogP contribution in [0.5, 0.6) is 0 Å². The summed E-state index contributed by atoms with van der Waals surface area (Å²) < 4.78 is 0. The Morgan fingerprint density at radius 1 is 1.34 bits per heavy atom. The minimum absolute atomic E-state index is 0.521. The van der Waals surface area contributed by atoms with Crippen molar-refractivity contribution in [1.29, 1.82) is 0 Å². The second-order valence-electron chi connectivity index (χ2n) is 8.21. The molecule has 1 aliphatic carbocycles. The smallest absolute Gasteiger partial charge is 0.267 e. The number of hydroxylamine groups is 1. The number of nitrogens with zero attached hydrogens (tertiary/aromatic N) is 1. The Morgan fingerprint density at radius 3 is 2.97 bits per heavy atom. The third kappa shape index (κ3) is 4.69. The molecule has 0 spiro atoms. The van der Waals surface area contributed by atoms with Crippen LogP contribution < -0.4 is 5.48 Å². The summed E-state index contributed by atoms with van der Waals surface area (Å²) >= 11 is 0. The highest BCUT2D eigenvalue weighted by atomic mass is 16.5. The highest BCUT2D eigenvalue weighted by Gasteiger charge is 2.25. The van der Waals surface area contributed by atoms with Crippen molar-refractivity contribution >= 4 is 18.1 Å². The zero-order valence-corrected chi connectivity index (χ0v) is 16.9. The average Bonchev–Trinajstić information content (AvgIpc) is 3.31. The molecule has 29 heavy (non-hydrogen) atoms. The molecule has 0 bridgehead atoms. The summed E-state index contributed by atoms with van der Waals surface area (Å²) in [6.45, 7) is 5.47. The van der Waals surface area contributed by atoms with Gasteiger partial charge in [0.2, 0.25) is 0 Å². The first kappa shape index (κ1) is 19.7. The van der Waals surface area contributed by atoms with E-state index >= 15 is 0 Å². The number of allylic oxidation sites excluding steroid dienone is 1. The predicted molar refractivity (Wildman–Crippen MR) is 115 cm³/mol. The zero-order chi connectivity index (χ0) is 20.2. The number of nitrogens with one attached hydrogen (secondary N) is 2. The first-order valence-electron chi connectivity index (χ1n) is 10.4. The molecule has 1 fully saturated rings. The van der Waals surface area contributed by atoms with Gasteiger partial charge in [0.25, 0.3) is 5.91 Å². The van der Waals surface area contributed by atoms with E-state index in [1.165, 1.54) is 42.3 Å². The molecule has 2 heterocycles. The number of hydrogen-bond donors (Lipinski definition) is 3. The zero-order valence-electron chi connectivity index (χ0n) is 16.9. The lowest BCUT2D eigenvalue weighted by molar-refractivity contribution is -0.124. The van der Waals surface area contributed by atoms with Crippen LogP contribution in [0.2, 0.25) is 0 Å². The fourth-order valence-corrected chi connectivity index (χ4v) is 4.59. The van der Waals surface area contributed by atoms with E-state index in [0.717, 1.165) is 37.5 Å². The highest BCUT2D eigenvalue weighted by molar-refractivity contribution is 5.90. The Kier molecular flexibility index (Phi) is 5.97. The fourth-order valence-electron chi connectivity index (χ4n) is 4.59. The number of amides is 1. The van der Waals surface area contributed by atoms with Gasteiger partial charge in [0.15, 0.2) is 0 Å². The molecular formula is C24H29N3O2. The number of aryl methyl sites for hydroxylation is 1. The SMILES string of the molecule is Cc1[nH]c2c(c1CC1CCN(Cc3ccc(/C=C/C(=O)NO)cc3)C1)CCC=C2. The lowest BCUT2D eigenvalue weighted by Crippen LogP contribution is -2.20. The van der Waals surface area contributed by atoms with Crippen molar-refractivity contribution in [2.45, 2.75) is 39.2 Å². The largest absolute Gasteiger partial charge is 0.359 e. The van der Waals surface area contributed by atoms with Gasteiger partial charge in [-0.1, -0.05) is 30.3 Å². The van der Waals surface area contributed by atoms with Crippen LogP contribution in [0.3, 0.4) is 0 Å². The lowest BCUT2D eigenvalue weighted by atomic mass is 9.92. The van der Waals surface area contributed by atoms with Crippen molar-refractivity contribution in [3.8, 4) is 0 Å². The van der Waals surface area contributed by atoms with Crippen LogP contribution in [0.1, 0.15) is 46.5 Å². The third-order valence-corrected chi connectivity index (χ3v) is 6.10. The summed E-state index contributed by atoms with van der Waals surface area (Å²) in [5, 5.41) is 8.53. The molecule has 152 valence electrons. The summed E-state index contributed by atoms with van der Waals surface area (Å²) in [5.41, 5.74) is 9.59. The van der Waals surface area contributed by atoms with Gasteiger partial charge in [-0.2, -0.15) is 0 Å². The first-order chi connectivity index (χ1) is 14.1. The number of benzene rings is 1. The van der Waals surface area contributed by atoms with Gasteiger partial charge in [-0.15, -0.1) is 0 Å². The maximum atomic E-state index is 11.1. The normalized spacial score (nSPS) is 19.0. The molecule has 3 N–H and O–H groups in total. The Balaban J connectivity index is 1.33. The molecule has 5 nitrogen and oxygen atoms in total. The van der Waals surface area contributed by atoms with Gasteiger partial charge < -0.3 is 4.98 Å². The molecule has 1 aliphatic heterocycles. The molecule has 1 atom stereocenters. The number of aromatic amines is 1. The van der Waals surface area contributed by atoms with E-state index in [-0.39, 0.29) is 0 Å². The Labute approximate surface area is 172 Å².